The first-order valence-corrected chi connectivity index (χ1v) is 9.21. The van der Waals surface area contributed by atoms with Crippen LogP contribution in [0.3, 0.4) is 0 Å². The summed E-state index contributed by atoms with van der Waals surface area (Å²) < 4.78 is 11.0. The van der Waals surface area contributed by atoms with Gasteiger partial charge in [-0.1, -0.05) is 30.3 Å². The van der Waals surface area contributed by atoms with E-state index in [1.165, 1.54) is 6.20 Å². The maximum atomic E-state index is 12.3. The smallest absolute Gasteiger partial charge is 0.350 e. The number of nitriles is 1. The lowest BCUT2D eigenvalue weighted by Gasteiger charge is -2.08. The lowest BCUT2D eigenvalue weighted by atomic mass is 10.2. The molecule has 1 heterocycles. The molecule has 1 N–H and O–H groups in total. The van der Waals surface area contributed by atoms with Gasteiger partial charge in [-0.15, -0.1) is 0 Å². The molecule has 0 aliphatic carbocycles. The van der Waals surface area contributed by atoms with Crippen LogP contribution in [0, 0.1) is 25.2 Å². The van der Waals surface area contributed by atoms with E-state index in [0.29, 0.717) is 17.4 Å². The third-order valence-corrected chi connectivity index (χ3v) is 3.92. The largest absolute Gasteiger partial charge is 0.457 e. The van der Waals surface area contributed by atoms with Crippen LogP contribution in [-0.4, -0.2) is 15.9 Å². The van der Waals surface area contributed by atoms with Crippen LogP contribution in [0.2, 0.25) is 0 Å². The van der Waals surface area contributed by atoms with Gasteiger partial charge in [0.2, 0.25) is 5.95 Å². The van der Waals surface area contributed by atoms with Gasteiger partial charge in [-0.05, 0) is 49.7 Å². The number of benzene rings is 2. The van der Waals surface area contributed by atoms with E-state index in [1.807, 2.05) is 68.4 Å². The van der Waals surface area contributed by atoms with Gasteiger partial charge >= 0.3 is 5.97 Å². The average molecular weight is 400 g/mol. The van der Waals surface area contributed by atoms with Crippen LogP contribution in [0.25, 0.3) is 0 Å². The van der Waals surface area contributed by atoms with E-state index < -0.39 is 5.97 Å². The molecule has 0 amide bonds. The number of carbonyl (C=O) groups excluding carboxylic acids is 1. The zero-order valence-corrected chi connectivity index (χ0v) is 16.6. The van der Waals surface area contributed by atoms with Gasteiger partial charge in [0.1, 0.15) is 24.2 Å². The first-order valence-electron chi connectivity index (χ1n) is 9.21. The molecule has 0 saturated carbocycles. The Bertz CT molecular complexity index is 1080. The van der Waals surface area contributed by atoms with E-state index in [9.17, 15) is 10.1 Å². The number of hydrogen-bond donors (Lipinski definition) is 1. The Labute approximate surface area is 174 Å². The zero-order valence-electron chi connectivity index (χ0n) is 16.6. The third-order valence-electron chi connectivity index (χ3n) is 3.92. The highest BCUT2D eigenvalue weighted by Gasteiger charge is 2.12. The van der Waals surface area contributed by atoms with Crippen molar-refractivity contribution < 1.29 is 14.3 Å². The van der Waals surface area contributed by atoms with Crippen molar-refractivity contribution in [3.63, 3.8) is 0 Å². The molecular formula is C23H20N4O3. The van der Waals surface area contributed by atoms with E-state index in [1.54, 1.807) is 12.1 Å². The molecular weight excluding hydrogens is 380 g/mol. The molecule has 7 nitrogen and oxygen atoms in total. The average Bonchev–Trinajstić information content (AvgIpc) is 2.73. The molecule has 0 spiro atoms. The summed E-state index contributed by atoms with van der Waals surface area (Å²) in [6.45, 7) is 3.67. The predicted molar refractivity (Wildman–Crippen MR) is 112 cm³/mol. The van der Waals surface area contributed by atoms with Crippen molar-refractivity contribution in [2.45, 2.75) is 20.5 Å². The molecule has 7 heteroatoms. The monoisotopic (exact) mass is 400 g/mol. The topological polar surface area (TPSA) is 97.1 Å². The molecule has 3 aromatic rings. The van der Waals surface area contributed by atoms with Crippen molar-refractivity contribution in [3.8, 4) is 17.6 Å². The highest BCUT2D eigenvalue weighted by Crippen LogP contribution is 2.22. The summed E-state index contributed by atoms with van der Waals surface area (Å²) >= 11 is 0. The van der Waals surface area contributed by atoms with Gasteiger partial charge in [0.05, 0.1) is 0 Å². The summed E-state index contributed by atoms with van der Waals surface area (Å²) in [5.41, 5.74) is 2.10. The summed E-state index contributed by atoms with van der Waals surface area (Å²) in [4.78, 5) is 20.6. The minimum Gasteiger partial charge on any atom is -0.457 e. The van der Waals surface area contributed by atoms with Crippen molar-refractivity contribution in [2.75, 3.05) is 5.32 Å². The van der Waals surface area contributed by atoms with E-state index in [0.717, 1.165) is 17.0 Å². The van der Waals surface area contributed by atoms with Crippen LogP contribution < -0.4 is 10.1 Å². The summed E-state index contributed by atoms with van der Waals surface area (Å²) in [5, 5.41) is 12.0. The summed E-state index contributed by atoms with van der Waals surface area (Å²) in [6.07, 6.45) is 1.24. The minimum atomic E-state index is -0.747. The fourth-order valence-corrected chi connectivity index (χ4v) is 2.61. The number of aryl methyl sites for hydroxylation is 2. The molecule has 0 atom stereocenters. The molecule has 3 rings (SSSR count). The summed E-state index contributed by atoms with van der Waals surface area (Å²) in [6, 6.07) is 20.2. The molecule has 2 aromatic carbocycles. The van der Waals surface area contributed by atoms with Crippen LogP contribution in [0.4, 0.5) is 5.95 Å². The first kappa shape index (κ1) is 20.6. The predicted octanol–water partition coefficient (Wildman–Crippen LogP) is 4.45. The zero-order chi connectivity index (χ0) is 21.3. The van der Waals surface area contributed by atoms with Gasteiger partial charge in [0, 0.05) is 17.6 Å². The minimum absolute atomic E-state index is 0.00387. The molecule has 0 unspecified atom stereocenters. The Morgan fingerprint density at radius 1 is 1.03 bits per heavy atom. The van der Waals surface area contributed by atoms with Crippen LogP contribution in [0.15, 0.2) is 72.4 Å². The normalized spacial score (nSPS) is 10.8. The van der Waals surface area contributed by atoms with Crippen LogP contribution in [0.5, 0.6) is 11.5 Å². The standard InChI is InChI=1S/C23H20N4O3/c1-16-11-17(2)27-23(26-16)25-14-19(13-24)22(28)29-15-18-7-6-10-21(12-18)30-20-8-4-3-5-9-20/h3-12,14H,15H2,1-2H3,(H,25,26,27)/b19-14+. The van der Waals surface area contributed by atoms with Crippen LogP contribution in [0.1, 0.15) is 17.0 Å². The molecule has 0 bridgehead atoms. The SMILES string of the molecule is Cc1cc(C)nc(N/C=C(\C#N)C(=O)OCc2cccc(Oc3ccccc3)c2)n1. The number of carbonyl (C=O) groups is 1. The summed E-state index contributed by atoms with van der Waals surface area (Å²) in [5.74, 6) is 0.892. The number of nitrogens with zero attached hydrogens (tertiary/aromatic N) is 3. The van der Waals surface area contributed by atoms with Crippen LogP contribution in [-0.2, 0) is 16.1 Å². The molecule has 0 saturated heterocycles. The third kappa shape index (κ3) is 5.91. The number of para-hydroxylation sites is 1. The number of esters is 1. The van der Waals surface area contributed by atoms with Crippen molar-refractivity contribution in [1.29, 1.82) is 5.26 Å². The summed E-state index contributed by atoms with van der Waals surface area (Å²) in [7, 11) is 0. The van der Waals surface area contributed by atoms with E-state index >= 15 is 0 Å². The molecule has 150 valence electrons. The van der Waals surface area contributed by atoms with E-state index in [-0.39, 0.29) is 12.2 Å². The number of anilines is 1. The lowest BCUT2D eigenvalue weighted by molar-refractivity contribution is -0.139. The second kappa shape index (κ2) is 9.85. The van der Waals surface area contributed by atoms with Gasteiger partial charge in [-0.25, -0.2) is 14.8 Å². The molecule has 0 radical (unpaired) electrons. The van der Waals surface area contributed by atoms with Crippen LogP contribution >= 0.6 is 0 Å². The maximum absolute atomic E-state index is 12.3. The van der Waals surface area contributed by atoms with Crippen molar-refractivity contribution in [2.24, 2.45) is 0 Å². The fourth-order valence-electron chi connectivity index (χ4n) is 2.61. The molecule has 0 aliphatic heterocycles. The second-order valence-corrected chi connectivity index (χ2v) is 6.43. The first-order chi connectivity index (χ1) is 14.5. The Hall–Kier alpha value is -4.18. The molecule has 0 aliphatic rings. The van der Waals surface area contributed by atoms with E-state index in [4.69, 9.17) is 9.47 Å². The molecule has 0 fully saturated rings. The number of ether oxygens (including phenoxy) is 2. The Kier molecular flexibility index (Phi) is 6.74. The highest BCUT2D eigenvalue weighted by molar-refractivity contribution is 5.93. The molecule has 1 aromatic heterocycles. The quantitative estimate of drug-likeness (QED) is 0.355. The van der Waals surface area contributed by atoms with Crippen molar-refractivity contribution >= 4 is 11.9 Å². The van der Waals surface area contributed by atoms with Gasteiger partial charge in [-0.3, -0.25) is 0 Å². The number of rotatable bonds is 7. The number of nitrogens with one attached hydrogen (secondary N) is 1. The fraction of sp³-hybridized carbons (Fsp3) is 0.130. The molecule has 30 heavy (non-hydrogen) atoms. The number of hydrogen-bond acceptors (Lipinski definition) is 7. The van der Waals surface area contributed by atoms with Gasteiger partial charge in [0.15, 0.2) is 5.57 Å². The Balaban J connectivity index is 1.61. The Morgan fingerprint density at radius 2 is 1.73 bits per heavy atom. The lowest BCUT2D eigenvalue weighted by Crippen LogP contribution is -2.09. The maximum Gasteiger partial charge on any atom is 0.350 e. The Morgan fingerprint density at radius 3 is 2.43 bits per heavy atom. The second-order valence-electron chi connectivity index (χ2n) is 6.43. The van der Waals surface area contributed by atoms with Gasteiger partial charge < -0.3 is 14.8 Å². The van der Waals surface area contributed by atoms with Crippen molar-refractivity contribution in [1.82, 2.24) is 9.97 Å². The van der Waals surface area contributed by atoms with Gasteiger partial charge in [-0.2, -0.15) is 5.26 Å². The van der Waals surface area contributed by atoms with Gasteiger partial charge in [0.25, 0.3) is 0 Å². The number of aromatic nitrogens is 2. The van der Waals surface area contributed by atoms with Crippen molar-refractivity contribution in [3.05, 3.63) is 89.4 Å². The van der Waals surface area contributed by atoms with E-state index in [2.05, 4.69) is 15.3 Å². The highest BCUT2D eigenvalue weighted by atomic mass is 16.5.